The van der Waals surface area contributed by atoms with Crippen molar-refractivity contribution in [3.05, 3.63) is 11.1 Å². The van der Waals surface area contributed by atoms with Crippen LogP contribution in [0.15, 0.2) is 16.3 Å². The number of rotatable bonds is 6. The Morgan fingerprint density at radius 3 is 2.16 bits per heavy atom. The highest BCUT2D eigenvalue weighted by molar-refractivity contribution is 7.25. The summed E-state index contributed by atoms with van der Waals surface area (Å²) in [5.41, 5.74) is 9.70. The fraction of sp³-hybridized carbons (Fsp3) is 0.375. The first-order chi connectivity index (χ1) is 12.0. The Kier molecular flexibility index (Phi) is 5.51. The summed E-state index contributed by atoms with van der Waals surface area (Å²) in [5.74, 6) is 0. The number of fused-ring (bicyclic) bond motifs is 3. The number of aromatic nitrogens is 2. The molecule has 0 amide bonds. The Hall–Kier alpha value is -1.77. The predicted molar refractivity (Wildman–Crippen MR) is 112 cm³/mol. The molecule has 0 atom stereocenters. The summed E-state index contributed by atoms with van der Waals surface area (Å²) in [6.07, 6.45) is 1.79. The predicted octanol–water partition coefficient (Wildman–Crippen LogP) is 5.96. The van der Waals surface area contributed by atoms with Crippen LogP contribution in [0.5, 0.6) is 0 Å². The fourth-order valence-electron chi connectivity index (χ4n) is 1.96. The quantitative estimate of drug-likeness (QED) is 0.399. The molecule has 3 aromatic rings. The van der Waals surface area contributed by atoms with Gasteiger partial charge < -0.3 is 0 Å². The van der Waals surface area contributed by atoms with Crippen molar-refractivity contribution in [1.82, 2.24) is 9.97 Å². The lowest BCUT2D eigenvalue weighted by Gasteiger charge is -1.95. The van der Waals surface area contributed by atoms with E-state index in [9.17, 15) is 0 Å². The van der Waals surface area contributed by atoms with Crippen molar-refractivity contribution >= 4 is 76.4 Å². The van der Waals surface area contributed by atoms with Crippen LogP contribution >= 0.6 is 34.3 Å². The van der Waals surface area contributed by atoms with Gasteiger partial charge in [0.2, 0.25) is 10.3 Å². The molecule has 9 heteroatoms. The van der Waals surface area contributed by atoms with Gasteiger partial charge in [-0.05, 0) is 32.8 Å². The molecule has 2 N–H and O–H groups in total. The number of nitrogens with zero attached hydrogens (tertiary/aromatic N) is 4. The average molecular weight is 395 g/mol. The summed E-state index contributed by atoms with van der Waals surface area (Å²) in [7, 11) is 0. The standard InChI is InChI=1S/C16H19ClN6S2/c1-5-8(3)20-22-15-19-13-11(24-15)7-10(17)12-14(13)25-16(18-12)23-21-9(4)6-2/h7H,5-6H2,1-4H3,(H,18,23)(H,19,22)/b20-8+,21-9+. The molecule has 6 nitrogen and oxygen atoms in total. The molecule has 0 bridgehead atoms. The zero-order valence-electron chi connectivity index (χ0n) is 14.5. The van der Waals surface area contributed by atoms with Crippen LogP contribution in [-0.4, -0.2) is 21.4 Å². The third kappa shape index (κ3) is 3.91. The van der Waals surface area contributed by atoms with E-state index < -0.39 is 0 Å². The zero-order chi connectivity index (χ0) is 18.0. The Morgan fingerprint density at radius 2 is 1.56 bits per heavy atom. The van der Waals surface area contributed by atoms with Crippen LogP contribution < -0.4 is 10.9 Å². The van der Waals surface area contributed by atoms with Crippen molar-refractivity contribution in [3.63, 3.8) is 0 Å². The van der Waals surface area contributed by atoms with Gasteiger partial charge in [-0.2, -0.15) is 10.2 Å². The van der Waals surface area contributed by atoms with Crippen molar-refractivity contribution in [2.45, 2.75) is 40.5 Å². The minimum Gasteiger partial charge on any atom is -0.253 e. The van der Waals surface area contributed by atoms with Crippen LogP contribution in [-0.2, 0) is 0 Å². The molecule has 0 radical (unpaired) electrons. The first-order valence-electron chi connectivity index (χ1n) is 7.99. The molecule has 3 rings (SSSR count). The van der Waals surface area contributed by atoms with Crippen molar-refractivity contribution in [2.24, 2.45) is 10.2 Å². The van der Waals surface area contributed by atoms with Gasteiger partial charge in [-0.3, -0.25) is 10.9 Å². The molecule has 0 aliphatic rings. The molecule has 0 saturated heterocycles. The fourth-order valence-corrected chi connectivity index (χ4v) is 4.17. The third-order valence-corrected chi connectivity index (χ3v) is 5.85. The zero-order valence-corrected chi connectivity index (χ0v) is 16.9. The molecule has 0 saturated carbocycles. The molecule has 25 heavy (non-hydrogen) atoms. The summed E-state index contributed by atoms with van der Waals surface area (Å²) < 4.78 is 1.96. The van der Waals surface area contributed by atoms with Crippen LogP contribution in [0, 0.1) is 0 Å². The molecule has 132 valence electrons. The van der Waals surface area contributed by atoms with Crippen LogP contribution in [0.1, 0.15) is 40.5 Å². The van der Waals surface area contributed by atoms with Gasteiger partial charge in [0.1, 0.15) is 11.0 Å². The molecule has 0 unspecified atom stereocenters. The van der Waals surface area contributed by atoms with Crippen LogP contribution in [0.2, 0.25) is 5.02 Å². The van der Waals surface area contributed by atoms with Crippen LogP contribution in [0.3, 0.4) is 0 Å². The van der Waals surface area contributed by atoms with Gasteiger partial charge in [-0.1, -0.05) is 48.1 Å². The smallest absolute Gasteiger partial charge is 0.204 e. The maximum atomic E-state index is 6.41. The summed E-state index contributed by atoms with van der Waals surface area (Å²) in [6, 6.07) is 1.91. The van der Waals surface area contributed by atoms with Crippen molar-refractivity contribution in [1.29, 1.82) is 0 Å². The number of hydrogen-bond acceptors (Lipinski definition) is 8. The van der Waals surface area contributed by atoms with E-state index in [4.69, 9.17) is 11.6 Å². The Labute approximate surface area is 159 Å². The van der Waals surface area contributed by atoms with Crippen LogP contribution in [0.25, 0.3) is 20.4 Å². The lowest BCUT2D eigenvalue weighted by Crippen LogP contribution is -1.94. The van der Waals surface area contributed by atoms with Gasteiger partial charge in [-0.25, -0.2) is 9.97 Å². The molecule has 2 aromatic heterocycles. The molecule has 0 spiro atoms. The number of benzene rings is 1. The number of hydrogen-bond donors (Lipinski definition) is 2. The first kappa shape index (κ1) is 18.0. The SMILES string of the molecule is CC/C(C)=N/Nc1nc2c(cc(Cl)c3nc(N/N=C(\C)CC)sc32)s1. The number of halogens is 1. The maximum Gasteiger partial charge on any atom is 0.204 e. The largest absolute Gasteiger partial charge is 0.253 e. The minimum absolute atomic E-state index is 0.617. The Bertz CT molecular complexity index is 972. The topological polar surface area (TPSA) is 74.6 Å². The van der Waals surface area contributed by atoms with E-state index in [1.165, 1.54) is 22.7 Å². The lowest BCUT2D eigenvalue weighted by molar-refractivity contribution is 1.20. The minimum atomic E-state index is 0.617. The molecule has 0 aliphatic heterocycles. The van der Waals surface area contributed by atoms with Gasteiger partial charge in [-0.15, -0.1) is 0 Å². The number of anilines is 2. The van der Waals surface area contributed by atoms with E-state index in [0.717, 1.165) is 49.8 Å². The highest BCUT2D eigenvalue weighted by atomic mass is 35.5. The summed E-state index contributed by atoms with van der Waals surface area (Å²) in [4.78, 5) is 9.21. The van der Waals surface area contributed by atoms with Crippen molar-refractivity contribution < 1.29 is 0 Å². The van der Waals surface area contributed by atoms with Crippen molar-refractivity contribution in [2.75, 3.05) is 10.9 Å². The second-order valence-corrected chi connectivity index (χ2v) is 7.98. The third-order valence-electron chi connectivity index (χ3n) is 3.69. The van der Waals surface area contributed by atoms with Gasteiger partial charge in [0.15, 0.2) is 0 Å². The Balaban J connectivity index is 2.01. The van der Waals surface area contributed by atoms with Gasteiger partial charge >= 0.3 is 0 Å². The second kappa shape index (κ2) is 7.63. The van der Waals surface area contributed by atoms with E-state index in [-0.39, 0.29) is 0 Å². The summed E-state index contributed by atoms with van der Waals surface area (Å²) in [5, 5.41) is 10.7. The van der Waals surface area contributed by atoms with E-state index in [1.54, 1.807) is 0 Å². The average Bonchev–Trinajstić information content (AvgIpc) is 3.21. The van der Waals surface area contributed by atoms with E-state index in [2.05, 4.69) is 44.9 Å². The maximum absolute atomic E-state index is 6.41. The monoisotopic (exact) mass is 394 g/mol. The van der Waals surface area contributed by atoms with Gasteiger partial charge in [0.05, 0.1) is 14.4 Å². The van der Waals surface area contributed by atoms with E-state index in [0.29, 0.717) is 10.2 Å². The lowest BCUT2D eigenvalue weighted by atomic mass is 10.3. The number of hydrazone groups is 2. The molecule has 2 heterocycles. The summed E-state index contributed by atoms with van der Waals surface area (Å²) in [6.45, 7) is 8.08. The second-order valence-electron chi connectivity index (χ2n) is 5.55. The van der Waals surface area contributed by atoms with E-state index in [1.807, 2.05) is 19.9 Å². The highest BCUT2D eigenvalue weighted by Gasteiger charge is 2.15. The molecule has 1 aromatic carbocycles. The van der Waals surface area contributed by atoms with Gasteiger partial charge in [0, 0.05) is 11.4 Å². The highest BCUT2D eigenvalue weighted by Crippen LogP contribution is 2.40. The summed E-state index contributed by atoms with van der Waals surface area (Å²) >= 11 is 9.44. The first-order valence-corrected chi connectivity index (χ1v) is 10.0. The molecule has 0 fully saturated rings. The van der Waals surface area contributed by atoms with Crippen molar-refractivity contribution in [3.8, 4) is 0 Å². The number of nitrogens with one attached hydrogen (secondary N) is 2. The molecular weight excluding hydrogens is 376 g/mol. The van der Waals surface area contributed by atoms with Crippen LogP contribution in [0.4, 0.5) is 10.3 Å². The van der Waals surface area contributed by atoms with Gasteiger partial charge in [0.25, 0.3) is 0 Å². The number of thiazole rings is 2. The molecular formula is C16H19ClN6S2. The normalized spacial score (nSPS) is 13.0. The van der Waals surface area contributed by atoms with E-state index >= 15 is 0 Å². The molecule has 0 aliphatic carbocycles. The Morgan fingerprint density at radius 1 is 1.00 bits per heavy atom.